The third kappa shape index (κ3) is 4.92. The molecule has 0 aliphatic rings. The molecule has 0 rings (SSSR count). The third-order valence-electron chi connectivity index (χ3n) is 0.901. The molecule has 0 saturated heterocycles. The molecule has 45 valence electrons. The van der Waals surface area contributed by atoms with E-state index in [-0.39, 0.29) is 38.1 Å². The molecular formula is C6H10OY-2. The molecule has 0 unspecified atom stereocenters. The van der Waals surface area contributed by atoms with Gasteiger partial charge in [-0.05, 0) is 0 Å². The van der Waals surface area contributed by atoms with Crippen molar-refractivity contribution in [1.82, 2.24) is 0 Å². The molecule has 0 aromatic heterocycles. The summed E-state index contributed by atoms with van der Waals surface area (Å²) in [5, 5.41) is 0. The van der Waals surface area contributed by atoms with Crippen LogP contribution in [0.4, 0.5) is 0 Å². The summed E-state index contributed by atoms with van der Waals surface area (Å²) in [5.74, 6) is 0. The van der Waals surface area contributed by atoms with Crippen molar-refractivity contribution in [2.75, 3.05) is 0 Å². The van der Waals surface area contributed by atoms with Gasteiger partial charge >= 0.3 is 0 Å². The Morgan fingerprint density at radius 3 is 2.00 bits per heavy atom. The average molecular weight is 187 g/mol. The Hall–Kier alpha value is 0.774. The summed E-state index contributed by atoms with van der Waals surface area (Å²) >= 11 is 0. The molecule has 0 amide bonds. The normalized spacial score (nSPS) is 9.88. The van der Waals surface area contributed by atoms with Gasteiger partial charge in [-0.2, -0.15) is 5.41 Å². The van der Waals surface area contributed by atoms with Crippen LogP contribution in [0.1, 0.15) is 20.3 Å². The summed E-state index contributed by atoms with van der Waals surface area (Å²) in [7, 11) is 0. The molecule has 0 atom stereocenters. The van der Waals surface area contributed by atoms with Crippen LogP contribution in [0.15, 0.2) is 0 Å². The van der Waals surface area contributed by atoms with Gasteiger partial charge in [0.15, 0.2) is 0 Å². The summed E-state index contributed by atoms with van der Waals surface area (Å²) in [6.45, 7) is 7.19. The van der Waals surface area contributed by atoms with Crippen LogP contribution in [0, 0.1) is 12.3 Å². The van der Waals surface area contributed by atoms with Gasteiger partial charge in [0.1, 0.15) is 0 Å². The van der Waals surface area contributed by atoms with Crippen LogP contribution in [-0.2, 0) is 37.5 Å². The number of carbonyl (C=O) groups excluding carboxylic acids is 1. The fourth-order valence-corrected chi connectivity index (χ4v) is 0.0510. The van der Waals surface area contributed by atoms with Gasteiger partial charge < -0.3 is 11.7 Å². The van der Waals surface area contributed by atoms with Crippen LogP contribution in [0.3, 0.4) is 0 Å². The molecule has 1 nitrogen and oxygen atoms in total. The smallest absolute Gasteiger partial charge is 0 e. The fourth-order valence-electron chi connectivity index (χ4n) is 0.0510. The number of rotatable bonds is 2. The minimum absolute atomic E-state index is 0. The molecule has 0 aromatic rings. The molecule has 8 heavy (non-hydrogen) atoms. The van der Waals surface area contributed by atoms with E-state index in [1.165, 1.54) is 0 Å². The molecule has 0 fully saturated rings. The molecule has 0 heterocycles. The van der Waals surface area contributed by atoms with E-state index in [0.717, 1.165) is 0 Å². The van der Waals surface area contributed by atoms with E-state index in [4.69, 9.17) is 0 Å². The van der Waals surface area contributed by atoms with Gasteiger partial charge in [-0.25, -0.2) is 6.42 Å². The van der Waals surface area contributed by atoms with Gasteiger partial charge in [-0.1, -0.05) is 13.8 Å². The Labute approximate surface area is 76.1 Å². The minimum Gasteiger partial charge on any atom is -0.541 e. The maximum atomic E-state index is 9.89. The van der Waals surface area contributed by atoms with Crippen molar-refractivity contribution in [1.29, 1.82) is 0 Å². The van der Waals surface area contributed by atoms with Crippen molar-refractivity contribution in [3.63, 3.8) is 0 Å². The topological polar surface area (TPSA) is 17.1 Å². The van der Waals surface area contributed by atoms with Gasteiger partial charge in [0, 0.05) is 32.7 Å². The molecule has 1 radical (unpaired) electrons. The first kappa shape index (κ1) is 11.6. The Morgan fingerprint density at radius 2 is 2.00 bits per heavy atom. The van der Waals surface area contributed by atoms with Crippen molar-refractivity contribution in [2.45, 2.75) is 20.3 Å². The molecule has 0 spiro atoms. The van der Waals surface area contributed by atoms with E-state index in [0.29, 0.717) is 6.42 Å². The van der Waals surface area contributed by atoms with E-state index in [9.17, 15) is 4.79 Å². The number of hydrogen-bond acceptors (Lipinski definition) is 1. The molecule has 0 aromatic carbocycles. The molecular weight excluding hydrogens is 177 g/mol. The van der Waals surface area contributed by atoms with Crippen LogP contribution in [0.2, 0.25) is 0 Å². The van der Waals surface area contributed by atoms with Gasteiger partial charge in [0.25, 0.3) is 0 Å². The molecule has 0 N–H and O–H groups in total. The van der Waals surface area contributed by atoms with Crippen molar-refractivity contribution >= 4 is 6.29 Å². The van der Waals surface area contributed by atoms with Crippen molar-refractivity contribution in [2.24, 2.45) is 5.41 Å². The van der Waals surface area contributed by atoms with E-state index in [1.807, 2.05) is 20.1 Å². The Morgan fingerprint density at radius 1 is 1.62 bits per heavy atom. The zero-order valence-corrected chi connectivity index (χ0v) is 8.24. The van der Waals surface area contributed by atoms with E-state index >= 15 is 0 Å². The molecule has 2 heteroatoms. The van der Waals surface area contributed by atoms with E-state index in [2.05, 4.69) is 6.92 Å². The Balaban J connectivity index is 0. The SMILES string of the molecule is [CH2-]CC(C)(C)[C-]=O.[Y]. The van der Waals surface area contributed by atoms with Gasteiger partial charge in [0.2, 0.25) is 0 Å². The van der Waals surface area contributed by atoms with Gasteiger partial charge in [0.05, 0.1) is 0 Å². The number of hydrogen-bond donors (Lipinski definition) is 0. The molecule has 0 bridgehead atoms. The van der Waals surface area contributed by atoms with E-state index < -0.39 is 0 Å². The second-order valence-electron chi connectivity index (χ2n) is 2.24. The second-order valence-corrected chi connectivity index (χ2v) is 2.24. The largest absolute Gasteiger partial charge is 0.541 e. The zero-order chi connectivity index (χ0) is 5.91. The Bertz CT molecular complexity index is 68.9. The van der Waals surface area contributed by atoms with E-state index in [1.54, 1.807) is 0 Å². The second kappa shape index (κ2) is 4.63. The van der Waals surface area contributed by atoms with Crippen molar-refractivity contribution in [3.8, 4) is 0 Å². The zero-order valence-electron chi connectivity index (χ0n) is 5.40. The summed E-state index contributed by atoms with van der Waals surface area (Å²) in [4.78, 5) is 9.89. The maximum absolute atomic E-state index is 9.89. The molecule has 0 saturated carbocycles. The predicted molar refractivity (Wildman–Crippen MR) is 29.4 cm³/mol. The average Bonchev–Trinajstić information content (AvgIpc) is 1.68. The summed E-state index contributed by atoms with van der Waals surface area (Å²) in [6, 6.07) is 0. The first-order chi connectivity index (χ1) is 3.12. The van der Waals surface area contributed by atoms with Gasteiger partial charge in [-0.15, -0.1) is 0 Å². The fraction of sp³-hybridized carbons (Fsp3) is 0.667. The standard InChI is InChI=1S/C6H10O.Y/c1-4-6(2,3)5-7;/h1,4H2,2-3H3;/q-2;. The first-order valence-corrected chi connectivity index (χ1v) is 2.31. The maximum Gasteiger partial charge on any atom is 0 e. The van der Waals surface area contributed by atoms with Crippen LogP contribution in [0.25, 0.3) is 0 Å². The van der Waals surface area contributed by atoms with Crippen LogP contribution in [0.5, 0.6) is 0 Å². The Kier molecular flexibility index (Phi) is 6.69. The van der Waals surface area contributed by atoms with Crippen molar-refractivity contribution in [3.05, 3.63) is 6.92 Å². The van der Waals surface area contributed by atoms with Gasteiger partial charge in [-0.3, -0.25) is 6.29 Å². The quantitative estimate of drug-likeness (QED) is 0.596. The minimum atomic E-state index is -0.333. The summed E-state index contributed by atoms with van der Waals surface area (Å²) in [5.41, 5.74) is -0.333. The van der Waals surface area contributed by atoms with Crippen molar-refractivity contribution < 1.29 is 37.5 Å². The monoisotopic (exact) mass is 187 g/mol. The van der Waals surface area contributed by atoms with Crippen LogP contribution in [-0.4, -0.2) is 6.29 Å². The van der Waals surface area contributed by atoms with Crippen LogP contribution < -0.4 is 0 Å². The third-order valence-corrected chi connectivity index (χ3v) is 0.901. The molecule has 0 aliphatic carbocycles. The predicted octanol–water partition coefficient (Wildman–Crippen LogP) is 1.34. The molecule has 0 aliphatic heterocycles. The summed E-state index contributed by atoms with van der Waals surface area (Å²) in [6.07, 6.45) is 2.50. The first-order valence-electron chi connectivity index (χ1n) is 2.31. The summed E-state index contributed by atoms with van der Waals surface area (Å²) < 4.78 is 0. The van der Waals surface area contributed by atoms with Crippen LogP contribution >= 0.6 is 0 Å².